The summed E-state index contributed by atoms with van der Waals surface area (Å²) in [6.45, 7) is 4.25. The van der Waals surface area contributed by atoms with E-state index in [1.165, 1.54) is 6.08 Å². The number of carbonyl (C=O) groups is 2. The van der Waals surface area contributed by atoms with Crippen LogP contribution < -0.4 is 0 Å². The fraction of sp³-hybridized carbons (Fsp3) is 0.304. The molecular formula is C23H26N2O3S. The van der Waals surface area contributed by atoms with Crippen LogP contribution in [0.15, 0.2) is 73.3 Å². The van der Waals surface area contributed by atoms with Crippen LogP contribution in [0.2, 0.25) is 0 Å². The van der Waals surface area contributed by atoms with Crippen LogP contribution in [0.5, 0.6) is 0 Å². The highest BCUT2D eigenvalue weighted by Gasteiger charge is 2.37. The van der Waals surface area contributed by atoms with Gasteiger partial charge in [0, 0.05) is 24.6 Å². The van der Waals surface area contributed by atoms with Crippen LogP contribution >= 0.6 is 11.8 Å². The van der Waals surface area contributed by atoms with Crippen molar-refractivity contribution in [2.75, 3.05) is 24.7 Å². The number of aliphatic hydroxyl groups excluding tert-OH is 1. The maximum absolute atomic E-state index is 13.7. The van der Waals surface area contributed by atoms with Crippen LogP contribution in [0.3, 0.4) is 0 Å². The molecule has 1 unspecified atom stereocenters. The molecule has 152 valence electrons. The first-order valence-electron chi connectivity index (χ1n) is 9.66. The summed E-state index contributed by atoms with van der Waals surface area (Å²) in [6, 6.07) is 18.2. The Morgan fingerprint density at radius 2 is 1.83 bits per heavy atom. The zero-order valence-electron chi connectivity index (χ0n) is 16.3. The second-order valence-electron chi connectivity index (χ2n) is 6.89. The van der Waals surface area contributed by atoms with Gasteiger partial charge in [-0.15, -0.1) is 0 Å². The third-order valence-electron chi connectivity index (χ3n) is 5.08. The monoisotopic (exact) mass is 410 g/mol. The van der Waals surface area contributed by atoms with Gasteiger partial charge in [0.2, 0.25) is 11.8 Å². The Balaban J connectivity index is 1.95. The maximum atomic E-state index is 13.7. The summed E-state index contributed by atoms with van der Waals surface area (Å²) in [7, 11) is 0. The SMILES string of the molecule is C=CC(=O)N1CCSCC1C(=O)N(Cc1ccccc1)[C@@H](CO)c1ccccc1. The Morgan fingerprint density at radius 1 is 1.17 bits per heavy atom. The van der Waals surface area contributed by atoms with Crippen molar-refractivity contribution in [3.8, 4) is 0 Å². The van der Waals surface area contributed by atoms with E-state index in [-0.39, 0.29) is 18.4 Å². The van der Waals surface area contributed by atoms with Gasteiger partial charge in [0.25, 0.3) is 0 Å². The Bertz CT molecular complexity index is 829. The highest BCUT2D eigenvalue weighted by molar-refractivity contribution is 7.99. The maximum Gasteiger partial charge on any atom is 0.247 e. The van der Waals surface area contributed by atoms with Crippen molar-refractivity contribution in [2.45, 2.75) is 18.6 Å². The van der Waals surface area contributed by atoms with E-state index in [4.69, 9.17) is 0 Å². The summed E-state index contributed by atoms with van der Waals surface area (Å²) < 4.78 is 0. The quantitative estimate of drug-likeness (QED) is 0.713. The van der Waals surface area contributed by atoms with Gasteiger partial charge in [-0.05, 0) is 17.2 Å². The van der Waals surface area contributed by atoms with Gasteiger partial charge in [0.1, 0.15) is 6.04 Å². The predicted octanol–water partition coefficient (Wildman–Crippen LogP) is 2.88. The second kappa shape index (κ2) is 10.3. The minimum Gasteiger partial charge on any atom is -0.394 e. The Morgan fingerprint density at radius 3 is 2.45 bits per heavy atom. The van der Waals surface area contributed by atoms with E-state index < -0.39 is 12.1 Å². The Labute approximate surface area is 176 Å². The molecule has 0 radical (unpaired) electrons. The number of amides is 2. The topological polar surface area (TPSA) is 60.9 Å². The summed E-state index contributed by atoms with van der Waals surface area (Å²) >= 11 is 1.66. The first-order valence-corrected chi connectivity index (χ1v) is 10.8. The van der Waals surface area contributed by atoms with E-state index in [2.05, 4.69) is 6.58 Å². The van der Waals surface area contributed by atoms with Crippen molar-refractivity contribution in [1.82, 2.24) is 9.80 Å². The van der Waals surface area contributed by atoms with Gasteiger partial charge in [-0.25, -0.2) is 0 Å². The molecule has 2 aromatic carbocycles. The lowest BCUT2D eigenvalue weighted by Crippen LogP contribution is -2.55. The largest absolute Gasteiger partial charge is 0.394 e. The fourth-order valence-electron chi connectivity index (χ4n) is 3.56. The molecule has 1 aliphatic heterocycles. The average molecular weight is 411 g/mol. The third-order valence-corrected chi connectivity index (χ3v) is 6.11. The van der Waals surface area contributed by atoms with Gasteiger partial charge in [0.05, 0.1) is 12.6 Å². The van der Waals surface area contributed by atoms with Crippen molar-refractivity contribution in [2.24, 2.45) is 0 Å². The van der Waals surface area contributed by atoms with Crippen molar-refractivity contribution in [1.29, 1.82) is 0 Å². The number of thioether (sulfide) groups is 1. The number of benzene rings is 2. The van der Waals surface area contributed by atoms with Crippen LogP contribution in [-0.2, 0) is 16.1 Å². The molecule has 0 bridgehead atoms. The molecule has 1 fully saturated rings. The number of aliphatic hydroxyl groups is 1. The Kier molecular flexibility index (Phi) is 7.49. The lowest BCUT2D eigenvalue weighted by atomic mass is 10.0. The molecule has 1 saturated heterocycles. The van der Waals surface area contributed by atoms with E-state index in [1.54, 1.807) is 21.6 Å². The van der Waals surface area contributed by atoms with Crippen LogP contribution in [0.4, 0.5) is 0 Å². The fourth-order valence-corrected chi connectivity index (χ4v) is 4.60. The van der Waals surface area contributed by atoms with E-state index >= 15 is 0 Å². The van der Waals surface area contributed by atoms with Gasteiger partial charge in [-0.1, -0.05) is 67.2 Å². The Hall–Kier alpha value is -2.57. The summed E-state index contributed by atoms with van der Waals surface area (Å²) in [5.74, 6) is 0.948. The van der Waals surface area contributed by atoms with E-state index in [9.17, 15) is 14.7 Å². The molecule has 2 amide bonds. The lowest BCUT2D eigenvalue weighted by Gasteiger charge is -2.39. The van der Waals surface area contributed by atoms with Gasteiger partial charge in [-0.3, -0.25) is 9.59 Å². The molecule has 3 rings (SSSR count). The summed E-state index contributed by atoms with van der Waals surface area (Å²) in [4.78, 5) is 29.3. The molecule has 2 aromatic rings. The predicted molar refractivity (Wildman–Crippen MR) is 116 cm³/mol. The smallest absolute Gasteiger partial charge is 0.247 e. The molecule has 0 spiro atoms. The third kappa shape index (κ3) is 5.08. The number of rotatable bonds is 7. The zero-order chi connectivity index (χ0) is 20.6. The minimum absolute atomic E-state index is 0.154. The molecule has 0 saturated carbocycles. The first kappa shape index (κ1) is 21.1. The molecule has 1 N–H and O–H groups in total. The van der Waals surface area contributed by atoms with Crippen molar-refractivity contribution >= 4 is 23.6 Å². The van der Waals surface area contributed by atoms with Crippen LogP contribution in [0.1, 0.15) is 17.2 Å². The van der Waals surface area contributed by atoms with E-state index in [1.807, 2.05) is 60.7 Å². The van der Waals surface area contributed by atoms with Gasteiger partial charge >= 0.3 is 0 Å². The second-order valence-corrected chi connectivity index (χ2v) is 8.04. The number of carbonyl (C=O) groups excluding carboxylic acids is 2. The van der Waals surface area contributed by atoms with Crippen molar-refractivity contribution in [3.63, 3.8) is 0 Å². The molecule has 2 atom stereocenters. The normalized spacial score (nSPS) is 17.4. The molecule has 0 aromatic heterocycles. The van der Waals surface area contributed by atoms with Gasteiger partial charge in [0.15, 0.2) is 0 Å². The van der Waals surface area contributed by atoms with E-state index in [0.717, 1.165) is 16.9 Å². The first-order chi connectivity index (χ1) is 14.2. The molecule has 5 nitrogen and oxygen atoms in total. The van der Waals surface area contributed by atoms with Crippen molar-refractivity contribution in [3.05, 3.63) is 84.4 Å². The molecule has 1 aliphatic rings. The highest BCUT2D eigenvalue weighted by atomic mass is 32.2. The van der Waals surface area contributed by atoms with Crippen LogP contribution in [-0.4, -0.2) is 57.4 Å². The number of hydrogen-bond donors (Lipinski definition) is 1. The number of hydrogen-bond acceptors (Lipinski definition) is 4. The van der Waals surface area contributed by atoms with Crippen molar-refractivity contribution < 1.29 is 14.7 Å². The minimum atomic E-state index is -0.569. The summed E-state index contributed by atoms with van der Waals surface area (Å²) in [6.07, 6.45) is 1.26. The zero-order valence-corrected chi connectivity index (χ0v) is 17.1. The summed E-state index contributed by atoms with van der Waals surface area (Å²) in [5.41, 5.74) is 1.84. The van der Waals surface area contributed by atoms with Crippen LogP contribution in [0.25, 0.3) is 0 Å². The average Bonchev–Trinajstić information content (AvgIpc) is 2.79. The lowest BCUT2D eigenvalue weighted by molar-refractivity contribution is -0.145. The standard InChI is InChI=1S/C23H26N2O3S/c1-2-22(27)24-13-14-29-17-21(24)23(28)25(15-18-9-5-3-6-10-18)20(16-26)19-11-7-4-8-12-19/h2-12,20-21,26H,1,13-17H2/t20-,21?/m0/s1. The van der Waals surface area contributed by atoms with Gasteiger partial charge in [-0.2, -0.15) is 11.8 Å². The number of nitrogens with zero attached hydrogens (tertiary/aromatic N) is 2. The highest BCUT2D eigenvalue weighted by Crippen LogP contribution is 2.27. The molecule has 6 heteroatoms. The molecule has 29 heavy (non-hydrogen) atoms. The van der Waals surface area contributed by atoms with Crippen LogP contribution in [0, 0.1) is 0 Å². The summed E-state index contributed by atoms with van der Waals surface area (Å²) in [5, 5.41) is 10.2. The molecule has 1 heterocycles. The molecule has 0 aliphatic carbocycles. The van der Waals surface area contributed by atoms with E-state index in [0.29, 0.717) is 18.8 Å². The van der Waals surface area contributed by atoms with Gasteiger partial charge < -0.3 is 14.9 Å². The molecular weight excluding hydrogens is 384 g/mol.